The summed E-state index contributed by atoms with van der Waals surface area (Å²) in [6, 6.07) is 7.51. The summed E-state index contributed by atoms with van der Waals surface area (Å²) in [6.45, 7) is 3.70. The van der Waals surface area contributed by atoms with E-state index in [1.54, 1.807) is 11.1 Å². The molecule has 0 amide bonds. The van der Waals surface area contributed by atoms with Crippen LogP contribution in [0.3, 0.4) is 0 Å². The summed E-state index contributed by atoms with van der Waals surface area (Å²) in [6.07, 6.45) is -3.92. The molecule has 0 bridgehead atoms. The molecule has 2 aliphatic heterocycles. The number of aliphatic imine (C=N–C) groups is 1. The Morgan fingerprint density at radius 2 is 1.72 bits per heavy atom. The van der Waals surface area contributed by atoms with E-state index >= 15 is 4.39 Å². The van der Waals surface area contributed by atoms with Gasteiger partial charge in [-0.25, -0.2) is 8.78 Å². The van der Waals surface area contributed by atoms with Crippen LogP contribution < -0.4 is 0 Å². The van der Waals surface area contributed by atoms with Crippen LogP contribution in [0.25, 0.3) is 0 Å². The lowest BCUT2D eigenvalue weighted by Gasteiger charge is -2.47. The number of nitriles is 1. The van der Waals surface area contributed by atoms with E-state index < -0.39 is 45.3 Å². The molecule has 1 saturated heterocycles. The Morgan fingerprint density at radius 1 is 1.14 bits per heavy atom. The largest absolute Gasteiger partial charge is 0.435 e. The SMILES string of the molecule is CC(C)/C(=N/C#N)N1CC(F)(c2ccc(C3=NOC(c4cc(Cl)c(F)c(Cl)c4)(C(F)(F)F)C3)cc2)C1. The second-order valence-electron chi connectivity index (χ2n) is 9.01. The van der Waals surface area contributed by atoms with Crippen LogP contribution in [0.2, 0.25) is 10.0 Å². The Balaban J connectivity index is 1.55. The minimum atomic E-state index is -4.93. The van der Waals surface area contributed by atoms with E-state index in [9.17, 15) is 17.6 Å². The molecule has 12 heteroatoms. The van der Waals surface area contributed by atoms with Gasteiger partial charge >= 0.3 is 6.18 Å². The highest BCUT2D eigenvalue weighted by Crippen LogP contribution is 2.50. The first-order chi connectivity index (χ1) is 16.8. The topological polar surface area (TPSA) is 61.0 Å². The van der Waals surface area contributed by atoms with E-state index in [0.29, 0.717) is 17.0 Å². The highest BCUT2D eigenvalue weighted by atomic mass is 35.5. The Kier molecular flexibility index (Phi) is 6.69. The molecule has 0 spiro atoms. The van der Waals surface area contributed by atoms with Gasteiger partial charge in [0.15, 0.2) is 11.5 Å². The van der Waals surface area contributed by atoms with Crippen LogP contribution in [-0.2, 0) is 16.1 Å². The summed E-state index contributed by atoms with van der Waals surface area (Å²) in [4.78, 5) is 10.4. The summed E-state index contributed by atoms with van der Waals surface area (Å²) in [5, 5.41) is 11.4. The molecule has 1 unspecified atom stereocenters. The van der Waals surface area contributed by atoms with Crippen molar-refractivity contribution in [2.75, 3.05) is 13.1 Å². The molecule has 1 fully saturated rings. The van der Waals surface area contributed by atoms with Crippen molar-refractivity contribution < 1.29 is 26.8 Å². The third-order valence-electron chi connectivity index (χ3n) is 6.26. The molecule has 0 aliphatic carbocycles. The molecule has 190 valence electrons. The van der Waals surface area contributed by atoms with Gasteiger partial charge in [-0.15, -0.1) is 0 Å². The van der Waals surface area contributed by atoms with Crippen molar-refractivity contribution in [3.05, 3.63) is 69.0 Å². The number of benzene rings is 2. The standard InChI is InChI=1S/C24H19Cl2F5N4O/c1-13(2)21(33-12-32)35-10-22(28,11-35)15-5-3-14(4-6-15)19-9-23(36-34-19,24(29,30)31)16-7-17(25)20(27)18(26)8-16/h3-8,13H,9-11H2,1-2H3/b33-21-. The fourth-order valence-corrected chi connectivity index (χ4v) is 4.82. The third kappa shape index (κ3) is 4.39. The zero-order valence-corrected chi connectivity index (χ0v) is 20.5. The van der Waals surface area contributed by atoms with Gasteiger partial charge in [0.25, 0.3) is 5.60 Å². The normalized spacial score (nSPS) is 21.6. The van der Waals surface area contributed by atoms with Gasteiger partial charge in [0.2, 0.25) is 6.19 Å². The molecule has 0 N–H and O–H groups in total. The van der Waals surface area contributed by atoms with Crippen molar-refractivity contribution in [1.82, 2.24) is 4.90 Å². The maximum Gasteiger partial charge on any atom is 0.435 e. The fraction of sp³-hybridized carbons (Fsp3) is 0.375. The smallest absolute Gasteiger partial charge is 0.374 e. The first kappa shape index (κ1) is 26.2. The maximum atomic E-state index is 15.4. The summed E-state index contributed by atoms with van der Waals surface area (Å²) >= 11 is 11.4. The minimum absolute atomic E-state index is 0.00162. The Morgan fingerprint density at radius 3 is 2.22 bits per heavy atom. The van der Waals surface area contributed by atoms with Crippen LogP contribution in [-0.4, -0.2) is 35.7 Å². The maximum absolute atomic E-state index is 15.4. The van der Waals surface area contributed by atoms with Crippen molar-refractivity contribution in [1.29, 1.82) is 5.26 Å². The number of halogens is 7. The number of alkyl halides is 4. The third-order valence-corrected chi connectivity index (χ3v) is 6.81. The molecule has 2 aromatic rings. The lowest BCUT2D eigenvalue weighted by molar-refractivity contribution is -0.275. The van der Waals surface area contributed by atoms with Crippen molar-refractivity contribution in [2.45, 2.75) is 37.7 Å². The Labute approximate surface area is 213 Å². The highest BCUT2D eigenvalue weighted by Gasteiger charge is 2.62. The van der Waals surface area contributed by atoms with Crippen LogP contribution in [0, 0.1) is 23.2 Å². The van der Waals surface area contributed by atoms with Gasteiger partial charge in [0, 0.05) is 17.9 Å². The second kappa shape index (κ2) is 9.20. The molecule has 4 rings (SSSR count). The molecular formula is C24H19Cl2F5N4O. The predicted molar refractivity (Wildman–Crippen MR) is 125 cm³/mol. The van der Waals surface area contributed by atoms with E-state index in [2.05, 4.69) is 10.1 Å². The van der Waals surface area contributed by atoms with E-state index in [1.807, 2.05) is 13.8 Å². The molecule has 5 nitrogen and oxygen atoms in total. The fourth-order valence-electron chi connectivity index (χ4n) is 4.33. The molecule has 2 heterocycles. The monoisotopic (exact) mass is 544 g/mol. The summed E-state index contributed by atoms with van der Waals surface area (Å²) in [7, 11) is 0. The lowest BCUT2D eigenvalue weighted by Crippen LogP contribution is -2.59. The zero-order chi connectivity index (χ0) is 26.5. The molecule has 2 aliphatic rings. The lowest BCUT2D eigenvalue weighted by atomic mass is 9.84. The quantitative estimate of drug-likeness (QED) is 0.141. The number of nitrogens with zero attached hydrogens (tertiary/aromatic N) is 4. The molecule has 0 radical (unpaired) electrons. The van der Waals surface area contributed by atoms with Crippen molar-refractivity contribution in [2.24, 2.45) is 16.1 Å². The number of rotatable bonds is 4. The number of oxime groups is 1. The van der Waals surface area contributed by atoms with Crippen LogP contribution in [0.15, 0.2) is 46.5 Å². The van der Waals surface area contributed by atoms with Crippen molar-refractivity contribution >= 4 is 34.7 Å². The van der Waals surface area contributed by atoms with Crippen LogP contribution in [0.1, 0.15) is 37.0 Å². The van der Waals surface area contributed by atoms with E-state index in [1.165, 1.54) is 24.3 Å². The highest BCUT2D eigenvalue weighted by molar-refractivity contribution is 6.35. The van der Waals surface area contributed by atoms with Crippen LogP contribution in [0.4, 0.5) is 22.0 Å². The van der Waals surface area contributed by atoms with Crippen LogP contribution in [0.5, 0.6) is 0 Å². The van der Waals surface area contributed by atoms with Crippen molar-refractivity contribution in [3.8, 4) is 6.19 Å². The first-order valence-electron chi connectivity index (χ1n) is 10.8. The van der Waals surface area contributed by atoms with E-state index in [0.717, 1.165) is 12.1 Å². The number of amidine groups is 1. The molecule has 2 aromatic carbocycles. The van der Waals surface area contributed by atoms with E-state index in [4.69, 9.17) is 33.3 Å². The van der Waals surface area contributed by atoms with Gasteiger partial charge < -0.3 is 9.74 Å². The predicted octanol–water partition coefficient (Wildman–Crippen LogP) is 6.73. The van der Waals surface area contributed by atoms with Gasteiger partial charge in [-0.3, -0.25) is 0 Å². The van der Waals surface area contributed by atoms with Crippen LogP contribution >= 0.6 is 23.2 Å². The minimum Gasteiger partial charge on any atom is -0.374 e. The zero-order valence-electron chi connectivity index (χ0n) is 19.0. The molecular weight excluding hydrogens is 526 g/mol. The first-order valence-corrected chi connectivity index (χ1v) is 11.5. The summed E-state index contributed by atoms with van der Waals surface area (Å²) < 4.78 is 71.8. The van der Waals surface area contributed by atoms with Gasteiger partial charge in [0.1, 0.15) is 5.84 Å². The summed E-state index contributed by atoms with van der Waals surface area (Å²) in [5.74, 6) is -0.607. The second-order valence-corrected chi connectivity index (χ2v) is 9.82. The van der Waals surface area contributed by atoms with Gasteiger partial charge in [-0.1, -0.05) is 66.5 Å². The average molecular weight is 545 g/mol. The van der Waals surface area contributed by atoms with Gasteiger partial charge in [0.05, 0.1) is 28.8 Å². The number of likely N-dealkylation sites (tertiary alicyclic amines) is 1. The molecule has 0 saturated carbocycles. The number of hydrogen-bond donors (Lipinski definition) is 0. The van der Waals surface area contributed by atoms with E-state index in [-0.39, 0.29) is 24.7 Å². The van der Waals surface area contributed by atoms with Gasteiger partial charge in [-0.2, -0.15) is 23.4 Å². The average Bonchev–Trinajstić information content (AvgIpc) is 3.26. The molecule has 36 heavy (non-hydrogen) atoms. The molecule has 1 atom stereocenters. The van der Waals surface area contributed by atoms with Crippen molar-refractivity contribution in [3.63, 3.8) is 0 Å². The Hall–Kier alpha value is -2.90. The Bertz CT molecular complexity index is 1260. The summed E-state index contributed by atoms with van der Waals surface area (Å²) in [5.41, 5.74) is -4.49. The molecule has 0 aromatic heterocycles. The number of hydrogen-bond acceptors (Lipinski definition) is 4. The van der Waals surface area contributed by atoms with Gasteiger partial charge in [-0.05, 0) is 23.3 Å².